The minimum Gasteiger partial charge on any atom is -0.380 e. The second kappa shape index (κ2) is 3.94. The van der Waals surface area contributed by atoms with Gasteiger partial charge in [0.25, 0.3) is 0 Å². The van der Waals surface area contributed by atoms with Gasteiger partial charge in [-0.05, 0) is 18.1 Å². The summed E-state index contributed by atoms with van der Waals surface area (Å²) in [5.41, 5.74) is 1.34. The highest BCUT2D eigenvalue weighted by Crippen LogP contribution is 2.05. The van der Waals surface area contributed by atoms with E-state index in [1.807, 2.05) is 7.05 Å². The van der Waals surface area contributed by atoms with Crippen molar-refractivity contribution in [2.45, 2.75) is 19.0 Å². The monoisotopic (exact) mass is 180 g/mol. The molecule has 1 N–H and O–H groups in total. The van der Waals surface area contributed by atoms with E-state index in [9.17, 15) is 0 Å². The molecule has 0 aliphatic carbocycles. The summed E-state index contributed by atoms with van der Waals surface area (Å²) >= 11 is 0. The molecule has 1 atom stereocenters. The van der Waals surface area contributed by atoms with Crippen LogP contribution in [0.3, 0.4) is 0 Å². The molecule has 0 bridgehead atoms. The fourth-order valence-corrected chi connectivity index (χ4v) is 1.62. The second-order valence-corrected chi connectivity index (χ2v) is 3.63. The lowest BCUT2D eigenvalue weighted by Gasteiger charge is -2.08. The zero-order valence-corrected chi connectivity index (χ0v) is 7.99. The van der Waals surface area contributed by atoms with Crippen LogP contribution < -0.4 is 5.32 Å². The fraction of sp³-hybridized carbons (Fsp3) is 0.600. The summed E-state index contributed by atoms with van der Waals surface area (Å²) in [4.78, 5) is 0. The molecule has 0 radical (unpaired) electrons. The van der Waals surface area contributed by atoms with Gasteiger partial charge >= 0.3 is 0 Å². The Morgan fingerprint density at radius 2 is 2.62 bits per heavy atom. The van der Waals surface area contributed by atoms with Crippen LogP contribution in [-0.4, -0.2) is 23.8 Å². The average molecular weight is 180 g/mol. The van der Waals surface area contributed by atoms with E-state index in [2.05, 4.69) is 28.3 Å². The maximum atomic E-state index is 5.28. The Labute approximate surface area is 78.7 Å². The Hall–Kier alpha value is -0.800. The summed E-state index contributed by atoms with van der Waals surface area (Å²) in [6, 6.07) is 2.70. The van der Waals surface area contributed by atoms with Crippen molar-refractivity contribution in [3.05, 3.63) is 24.0 Å². The second-order valence-electron chi connectivity index (χ2n) is 3.63. The molecular weight excluding hydrogens is 164 g/mol. The van der Waals surface area contributed by atoms with Crippen LogP contribution in [0.15, 0.2) is 18.5 Å². The van der Waals surface area contributed by atoms with E-state index in [1.54, 1.807) is 0 Å². The van der Waals surface area contributed by atoms with Gasteiger partial charge in [0, 0.05) is 38.6 Å². The van der Waals surface area contributed by atoms with E-state index >= 15 is 0 Å². The molecule has 72 valence electrons. The predicted octanol–water partition coefficient (Wildman–Crippen LogP) is 0.904. The Kier molecular flexibility index (Phi) is 2.66. The molecule has 0 spiro atoms. The van der Waals surface area contributed by atoms with E-state index in [0.717, 1.165) is 26.2 Å². The highest BCUT2D eigenvalue weighted by Gasteiger charge is 2.14. The van der Waals surface area contributed by atoms with Crippen LogP contribution in [0.5, 0.6) is 0 Å². The minimum atomic E-state index is 0.556. The van der Waals surface area contributed by atoms with E-state index in [-0.39, 0.29) is 0 Å². The minimum absolute atomic E-state index is 0.556. The van der Waals surface area contributed by atoms with Crippen LogP contribution in [0.25, 0.3) is 0 Å². The lowest BCUT2D eigenvalue weighted by atomic mass is 10.2. The van der Waals surface area contributed by atoms with Gasteiger partial charge in [0.05, 0.1) is 6.61 Å². The maximum Gasteiger partial charge on any atom is 0.0620 e. The fourth-order valence-electron chi connectivity index (χ4n) is 1.62. The normalized spacial score (nSPS) is 22.4. The molecule has 3 nitrogen and oxygen atoms in total. The van der Waals surface area contributed by atoms with Crippen molar-refractivity contribution >= 4 is 0 Å². The largest absolute Gasteiger partial charge is 0.380 e. The number of nitrogens with one attached hydrogen (secondary N) is 1. The molecule has 1 fully saturated rings. The highest BCUT2D eigenvalue weighted by atomic mass is 16.5. The van der Waals surface area contributed by atoms with Crippen molar-refractivity contribution in [3.8, 4) is 0 Å². The smallest absolute Gasteiger partial charge is 0.0620 e. The van der Waals surface area contributed by atoms with Crippen molar-refractivity contribution in [1.82, 2.24) is 9.88 Å². The predicted molar refractivity (Wildman–Crippen MR) is 51.5 cm³/mol. The molecule has 1 aromatic rings. The standard InChI is InChI=1S/C10H16N2O/c1-12-4-2-9(7-12)6-11-10-3-5-13-8-10/h2,4,7,10-11H,3,5-6,8H2,1H3. The van der Waals surface area contributed by atoms with Crippen molar-refractivity contribution in [2.24, 2.45) is 7.05 Å². The van der Waals surface area contributed by atoms with Crippen LogP contribution in [0.1, 0.15) is 12.0 Å². The van der Waals surface area contributed by atoms with Crippen molar-refractivity contribution in [3.63, 3.8) is 0 Å². The first-order valence-electron chi connectivity index (χ1n) is 4.76. The SMILES string of the molecule is Cn1ccc(CNC2CCOC2)c1. The van der Waals surface area contributed by atoms with Crippen molar-refractivity contribution in [1.29, 1.82) is 0 Å². The highest BCUT2D eigenvalue weighted by molar-refractivity contribution is 5.09. The lowest BCUT2D eigenvalue weighted by Crippen LogP contribution is -2.28. The van der Waals surface area contributed by atoms with Crippen LogP contribution in [0, 0.1) is 0 Å². The third kappa shape index (κ3) is 2.32. The van der Waals surface area contributed by atoms with Crippen LogP contribution in [0.4, 0.5) is 0 Å². The Balaban J connectivity index is 1.78. The number of ether oxygens (including phenoxy) is 1. The third-order valence-corrected chi connectivity index (χ3v) is 2.42. The molecule has 2 heterocycles. The molecule has 1 saturated heterocycles. The topological polar surface area (TPSA) is 26.2 Å². The van der Waals surface area contributed by atoms with Gasteiger partial charge in [0.1, 0.15) is 0 Å². The van der Waals surface area contributed by atoms with Gasteiger partial charge in [-0.2, -0.15) is 0 Å². The van der Waals surface area contributed by atoms with Gasteiger partial charge in [-0.3, -0.25) is 0 Å². The molecule has 13 heavy (non-hydrogen) atoms. The van der Waals surface area contributed by atoms with E-state index in [1.165, 1.54) is 5.56 Å². The Morgan fingerprint density at radius 3 is 3.23 bits per heavy atom. The molecule has 0 amide bonds. The first-order valence-corrected chi connectivity index (χ1v) is 4.76. The number of hydrogen-bond acceptors (Lipinski definition) is 2. The summed E-state index contributed by atoms with van der Waals surface area (Å²) in [6.45, 7) is 2.73. The summed E-state index contributed by atoms with van der Waals surface area (Å²) in [5.74, 6) is 0. The molecule has 0 aromatic carbocycles. The summed E-state index contributed by atoms with van der Waals surface area (Å²) in [7, 11) is 2.04. The molecule has 2 rings (SSSR count). The van der Waals surface area contributed by atoms with E-state index in [0.29, 0.717) is 6.04 Å². The molecule has 1 aliphatic heterocycles. The number of rotatable bonds is 3. The van der Waals surface area contributed by atoms with Gasteiger partial charge in [-0.1, -0.05) is 0 Å². The van der Waals surface area contributed by atoms with E-state index in [4.69, 9.17) is 4.74 Å². The van der Waals surface area contributed by atoms with Crippen LogP contribution in [0.2, 0.25) is 0 Å². The van der Waals surface area contributed by atoms with Crippen molar-refractivity contribution < 1.29 is 4.74 Å². The zero-order valence-electron chi connectivity index (χ0n) is 7.99. The summed E-state index contributed by atoms with van der Waals surface area (Å²) < 4.78 is 7.35. The molecule has 0 saturated carbocycles. The first-order chi connectivity index (χ1) is 6.34. The quantitative estimate of drug-likeness (QED) is 0.748. The number of nitrogens with zero attached hydrogens (tertiary/aromatic N) is 1. The lowest BCUT2D eigenvalue weighted by molar-refractivity contribution is 0.190. The molecule has 1 unspecified atom stereocenters. The van der Waals surface area contributed by atoms with E-state index < -0.39 is 0 Å². The van der Waals surface area contributed by atoms with Gasteiger partial charge in [0.15, 0.2) is 0 Å². The maximum absolute atomic E-state index is 5.28. The van der Waals surface area contributed by atoms with Gasteiger partial charge in [-0.15, -0.1) is 0 Å². The van der Waals surface area contributed by atoms with Crippen molar-refractivity contribution in [2.75, 3.05) is 13.2 Å². The van der Waals surface area contributed by atoms with Gasteiger partial charge in [-0.25, -0.2) is 0 Å². The summed E-state index contributed by atoms with van der Waals surface area (Å²) in [5, 5.41) is 3.47. The average Bonchev–Trinajstić information content (AvgIpc) is 2.71. The van der Waals surface area contributed by atoms with Gasteiger partial charge < -0.3 is 14.6 Å². The molecule has 1 aromatic heterocycles. The summed E-state index contributed by atoms with van der Waals surface area (Å²) in [6.07, 6.45) is 5.36. The first kappa shape index (κ1) is 8.78. The molecule has 3 heteroatoms. The Bertz CT molecular complexity index is 264. The number of aryl methyl sites for hydroxylation is 1. The zero-order chi connectivity index (χ0) is 9.10. The number of aromatic nitrogens is 1. The Morgan fingerprint density at radius 1 is 1.69 bits per heavy atom. The molecular formula is C10H16N2O. The van der Waals surface area contributed by atoms with Gasteiger partial charge in [0.2, 0.25) is 0 Å². The van der Waals surface area contributed by atoms with Crippen LogP contribution in [-0.2, 0) is 18.3 Å². The number of hydrogen-bond donors (Lipinski definition) is 1. The third-order valence-electron chi connectivity index (χ3n) is 2.42. The van der Waals surface area contributed by atoms with Crippen LogP contribution >= 0.6 is 0 Å². The molecule has 1 aliphatic rings.